The summed E-state index contributed by atoms with van der Waals surface area (Å²) in [4.78, 5) is 7.50. The third kappa shape index (κ3) is 0.849. The van der Waals surface area contributed by atoms with Crippen LogP contribution in [-0.2, 0) is 0 Å². The van der Waals surface area contributed by atoms with E-state index in [0.29, 0.717) is 5.69 Å². The van der Waals surface area contributed by atoms with Crippen LogP contribution in [0.5, 0.6) is 11.9 Å². The largest absolute Gasteiger partial charge is 0.493 e. The van der Waals surface area contributed by atoms with Gasteiger partial charge in [0.2, 0.25) is 5.88 Å². The molecular formula is C6H6N4O2. The minimum Gasteiger partial charge on any atom is -0.493 e. The van der Waals surface area contributed by atoms with E-state index < -0.39 is 6.01 Å². The predicted molar refractivity (Wildman–Crippen MR) is 38.8 cm³/mol. The molecule has 6 nitrogen and oxygen atoms in total. The van der Waals surface area contributed by atoms with E-state index in [1.807, 2.05) is 0 Å². The maximum atomic E-state index is 9.27. The molecule has 0 aromatic carbocycles. The highest BCUT2D eigenvalue weighted by Crippen LogP contribution is 2.13. The van der Waals surface area contributed by atoms with Crippen LogP contribution >= 0.6 is 0 Å². The van der Waals surface area contributed by atoms with Gasteiger partial charge in [0, 0.05) is 11.8 Å². The lowest BCUT2D eigenvalue weighted by Gasteiger charge is -1.95. The summed E-state index contributed by atoms with van der Waals surface area (Å²) in [6.45, 7) is 1.71. The molecule has 2 rings (SSSR count). The molecule has 62 valence electrons. The summed E-state index contributed by atoms with van der Waals surface area (Å²) in [5.74, 6) is 0.0929. The summed E-state index contributed by atoms with van der Waals surface area (Å²) < 4.78 is 1.06. The second-order valence-corrected chi connectivity index (χ2v) is 2.38. The van der Waals surface area contributed by atoms with Crippen molar-refractivity contribution in [3.8, 4) is 11.9 Å². The minimum absolute atomic E-state index is 0.0923. The van der Waals surface area contributed by atoms with Crippen molar-refractivity contribution in [2.24, 2.45) is 0 Å². The summed E-state index contributed by atoms with van der Waals surface area (Å²) in [6, 6.07) is 1.03. The Morgan fingerprint density at radius 3 is 2.83 bits per heavy atom. The molecule has 0 aliphatic rings. The molecule has 0 spiro atoms. The molecule has 2 N–H and O–H groups in total. The summed E-state index contributed by atoms with van der Waals surface area (Å²) in [7, 11) is 0. The maximum absolute atomic E-state index is 9.27. The lowest BCUT2D eigenvalue weighted by molar-refractivity contribution is 0.411. The van der Waals surface area contributed by atoms with Gasteiger partial charge in [-0.15, -0.1) is 5.10 Å². The fourth-order valence-electron chi connectivity index (χ4n) is 0.957. The van der Waals surface area contributed by atoms with Gasteiger partial charge in [-0.05, 0) is 6.92 Å². The van der Waals surface area contributed by atoms with Gasteiger partial charge in [0.15, 0.2) is 0 Å². The topological polar surface area (TPSA) is 83.5 Å². The normalized spacial score (nSPS) is 10.8. The molecule has 2 aromatic heterocycles. The molecule has 0 radical (unpaired) electrons. The first-order chi connectivity index (χ1) is 5.66. The number of aromatic nitrogens is 4. The van der Waals surface area contributed by atoms with Gasteiger partial charge in [0.1, 0.15) is 0 Å². The number of nitrogens with zero attached hydrogens (tertiary/aromatic N) is 4. The van der Waals surface area contributed by atoms with Crippen LogP contribution in [0, 0.1) is 6.92 Å². The molecule has 12 heavy (non-hydrogen) atoms. The zero-order valence-electron chi connectivity index (χ0n) is 6.26. The fourth-order valence-corrected chi connectivity index (χ4v) is 0.957. The number of fused-ring (bicyclic) bond motifs is 1. The van der Waals surface area contributed by atoms with E-state index in [-0.39, 0.29) is 11.7 Å². The van der Waals surface area contributed by atoms with Crippen molar-refractivity contribution in [1.29, 1.82) is 0 Å². The van der Waals surface area contributed by atoms with Gasteiger partial charge in [0.05, 0.1) is 0 Å². The van der Waals surface area contributed by atoms with Crippen LogP contribution in [-0.4, -0.2) is 29.8 Å². The third-order valence-corrected chi connectivity index (χ3v) is 1.41. The standard InChI is InChI=1S/C6H6N4O2/c1-3-2-4(11)10-5(7-3)8-6(12)9-10/h2,11H,1H3,(H,9,12). The Labute approximate surface area is 67.1 Å². The van der Waals surface area contributed by atoms with Gasteiger partial charge in [0.25, 0.3) is 5.78 Å². The average Bonchev–Trinajstić information content (AvgIpc) is 2.29. The third-order valence-electron chi connectivity index (χ3n) is 1.41. The predicted octanol–water partition coefficient (Wildman–Crippen LogP) is -0.156. The van der Waals surface area contributed by atoms with E-state index in [4.69, 9.17) is 5.11 Å². The van der Waals surface area contributed by atoms with Gasteiger partial charge < -0.3 is 10.2 Å². The number of rotatable bonds is 0. The van der Waals surface area contributed by atoms with E-state index >= 15 is 0 Å². The Kier molecular flexibility index (Phi) is 1.18. The van der Waals surface area contributed by atoms with Gasteiger partial charge in [-0.2, -0.15) is 9.50 Å². The SMILES string of the molecule is Cc1cc(O)n2nc(O)nc2n1. The minimum atomic E-state index is -0.400. The molecule has 0 fully saturated rings. The Morgan fingerprint density at radius 2 is 2.08 bits per heavy atom. The first-order valence-corrected chi connectivity index (χ1v) is 3.29. The molecule has 0 unspecified atom stereocenters. The van der Waals surface area contributed by atoms with Crippen LogP contribution in [0.25, 0.3) is 5.78 Å². The highest BCUT2D eigenvalue weighted by molar-refractivity contribution is 5.34. The monoisotopic (exact) mass is 166 g/mol. The number of aryl methyl sites for hydroxylation is 1. The van der Waals surface area contributed by atoms with Gasteiger partial charge >= 0.3 is 6.01 Å². The van der Waals surface area contributed by atoms with Crippen LogP contribution in [0.1, 0.15) is 5.69 Å². The molecule has 6 heteroatoms. The molecule has 2 heterocycles. The van der Waals surface area contributed by atoms with Crippen LogP contribution < -0.4 is 0 Å². The van der Waals surface area contributed by atoms with Crippen molar-refractivity contribution in [1.82, 2.24) is 19.6 Å². The molecule has 0 aliphatic carbocycles. The highest BCUT2D eigenvalue weighted by atomic mass is 16.3. The van der Waals surface area contributed by atoms with Gasteiger partial charge in [-0.25, -0.2) is 4.98 Å². The van der Waals surface area contributed by atoms with Crippen LogP contribution in [0.2, 0.25) is 0 Å². The smallest absolute Gasteiger partial charge is 0.335 e. The lowest BCUT2D eigenvalue weighted by Crippen LogP contribution is -1.93. The van der Waals surface area contributed by atoms with Crippen LogP contribution in [0.15, 0.2) is 6.07 Å². The Bertz CT molecular complexity index is 436. The van der Waals surface area contributed by atoms with Crippen molar-refractivity contribution in [3.05, 3.63) is 11.8 Å². The Hall–Kier alpha value is -1.85. The highest BCUT2D eigenvalue weighted by Gasteiger charge is 2.06. The van der Waals surface area contributed by atoms with E-state index in [0.717, 1.165) is 4.52 Å². The quantitative estimate of drug-likeness (QED) is 0.568. The van der Waals surface area contributed by atoms with Crippen molar-refractivity contribution in [2.45, 2.75) is 6.92 Å². The zero-order chi connectivity index (χ0) is 8.72. The van der Waals surface area contributed by atoms with Crippen molar-refractivity contribution >= 4 is 5.78 Å². The molecule has 0 bridgehead atoms. The summed E-state index contributed by atoms with van der Waals surface area (Å²) in [5.41, 5.74) is 0.618. The number of aromatic hydroxyl groups is 2. The molecule has 0 atom stereocenters. The number of hydrogen-bond donors (Lipinski definition) is 2. The van der Waals surface area contributed by atoms with Gasteiger partial charge in [-0.3, -0.25) is 0 Å². The van der Waals surface area contributed by atoms with Gasteiger partial charge in [-0.1, -0.05) is 0 Å². The number of hydrogen-bond acceptors (Lipinski definition) is 5. The van der Waals surface area contributed by atoms with E-state index in [9.17, 15) is 5.11 Å². The summed E-state index contributed by atoms with van der Waals surface area (Å²) in [5, 5.41) is 21.7. The molecular weight excluding hydrogens is 160 g/mol. The summed E-state index contributed by atoms with van der Waals surface area (Å²) in [6.07, 6.45) is 0. The van der Waals surface area contributed by atoms with Crippen molar-refractivity contribution in [3.63, 3.8) is 0 Å². The maximum Gasteiger partial charge on any atom is 0.335 e. The second kappa shape index (κ2) is 2.07. The molecule has 2 aromatic rings. The summed E-state index contributed by atoms with van der Waals surface area (Å²) >= 11 is 0. The van der Waals surface area contributed by atoms with E-state index in [1.165, 1.54) is 6.07 Å². The van der Waals surface area contributed by atoms with Crippen molar-refractivity contribution in [2.75, 3.05) is 0 Å². The fraction of sp³-hybridized carbons (Fsp3) is 0.167. The van der Waals surface area contributed by atoms with Crippen LogP contribution in [0.3, 0.4) is 0 Å². The first kappa shape index (κ1) is 6.84. The Balaban J connectivity index is 2.88. The lowest BCUT2D eigenvalue weighted by atomic mass is 10.4. The van der Waals surface area contributed by atoms with E-state index in [2.05, 4.69) is 15.1 Å². The molecule has 0 saturated carbocycles. The average molecular weight is 166 g/mol. The molecule has 0 aliphatic heterocycles. The first-order valence-electron chi connectivity index (χ1n) is 3.29. The zero-order valence-corrected chi connectivity index (χ0v) is 6.26. The van der Waals surface area contributed by atoms with Crippen molar-refractivity contribution < 1.29 is 10.2 Å². The Morgan fingerprint density at radius 1 is 1.33 bits per heavy atom. The molecule has 0 saturated heterocycles. The second-order valence-electron chi connectivity index (χ2n) is 2.38. The molecule has 0 amide bonds. The van der Waals surface area contributed by atoms with Crippen LogP contribution in [0.4, 0.5) is 0 Å². The van der Waals surface area contributed by atoms with E-state index in [1.54, 1.807) is 6.92 Å².